The molecule has 0 aliphatic carbocycles. The molecule has 0 aromatic heterocycles. The average molecular weight is 193 g/mol. The second-order valence-corrected chi connectivity index (χ2v) is 3.58. The Bertz CT molecular complexity index is 318. The molecule has 0 saturated carbocycles. The lowest BCUT2D eigenvalue weighted by molar-refractivity contribution is 0.581. The summed E-state index contributed by atoms with van der Waals surface area (Å²) in [6.45, 7) is 8.50. The first-order valence-corrected chi connectivity index (χ1v) is 4.77. The molecule has 0 radical (unpaired) electrons. The van der Waals surface area contributed by atoms with Gasteiger partial charge in [0.1, 0.15) is 5.82 Å². The van der Waals surface area contributed by atoms with Crippen LogP contribution in [0, 0.1) is 5.82 Å². The molecule has 0 saturated heterocycles. The van der Waals surface area contributed by atoms with Crippen LogP contribution in [-0.2, 0) is 6.54 Å². The maximum Gasteiger partial charge on any atom is 0.123 e. The van der Waals surface area contributed by atoms with E-state index in [-0.39, 0.29) is 5.82 Å². The van der Waals surface area contributed by atoms with Gasteiger partial charge in [0.2, 0.25) is 0 Å². The van der Waals surface area contributed by atoms with Crippen molar-refractivity contribution < 1.29 is 4.39 Å². The van der Waals surface area contributed by atoms with E-state index in [1.165, 1.54) is 6.07 Å². The Hall–Kier alpha value is -1.15. The smallest absolute Gasteiger partial charge is 0.123 e. The van der Waals surface area contributed by atoms with E-state index in [2.05, 4.69) is 25.7 Å². The third kappa shape index (κ3) is 2.96. The summed E-state index contributed by atoms with van der Waals surface area (Å²) in [7, 11) is 0. The Labute approximate surface area is 84.6 Å². The molecule has 0 aliphatic rings. The SMILES string of the molecule is C=Cc1ccc(F)cc1CNC(C)C. The molecule has 1 aromatic rings. The Kier molecular flexibility index (Phi) is 3.84. The third-order valence-electron chi connectivity index (χ3n) is 2.03. The topological polar surface area (TPSA) is 12.0 Å². The lowest BCUT2D eigenvalue weighted by Crippen LogP contribution is -2.22. The maximum absolute atomic E-state index is 12.9. The van der Waals surface area contributed by atoms with E-state index in [9.17, 15) is 4.39 Å². The highest BCUT2D eigenvalue weighted by Gasteiger charge is 2.01. The Morgan fingerprint density at radius 3 is 2.79 bits per heavy atom. The molecule has 0 heterocycles. The van der Waals surface area contributed by atoms with E-state index in [1.807, 2.05) is 0 Å². The summed E-state index contributed by atoms with van der Waals surface area (Å²) in [6.07, 6.45) is 1.75. The molecule has 0 amide bonds. The van der Waals surface area contributed by atoms with Crippen LogP contribution in [0.2, 0.25) is 0 Å². The summed E-state index contributed by atoms with van der Waals surface area (Å²) in [5.74, 6) is -0.198. The molecule has 1 rings (SSSR count). The first-order chi connectivity index (χ1) is 6.63. The van der Waals surface area contributed by atoms with Gasteiger partial charge in [-0.3, -0.25) is 0 Å². The fourth-order valence-corrected chi connectivity index (χ4v) is 1.24. The van der Waals surface area contributed by atoms with Crippen molar-refractivity contribution in [3.8, 4) is 0 Å². The molecule has 0 unspecified atom stereocenters. The molecule has 0 aliphatic heterocycles. The van der Waals surface area contributed by atoms with Crippen LogP contribution in [0.25, 0.3) is 6.08 Å². The number of hydrogen-bond donors (Lipinski definition) is 1. The fraction of sp³-hybridized carbons (Fsp3) is 0.333. The van der Waals surface area contributed by atoms with E-state index in [4.69, 9.17) is 0 Å². The van der Waals surface area contributed by atoms with Crippen LogP contribution in [0.4, 0.5) is 4.39 Å². The molecule has 0 fully saturated rings. The van der Waals surface area contributed by atoms with Gasteiger partial charge in [0, 0.05) is 12.6 Å². The van der Waals surface area contributed by atoms with E-state index in [0.717, 1.165) is 11.1 Å². The van der Waals surface area contributed by atoms with E-state index < -0.39 is 0 Å². The van der Waals surface area contributed by atoms with Gasteiger partial charge in [-0.05, 0) is 23.3 Å². The van der Waals surface area contributed by atoms with Gasteiger partial charge in [-0.15, -0.1) is 0 Å². The molecule has 2 heteroatoms. The summed E-state index contributed by atoms with van der Waals surface area (Å²) >= 11 is 0. The van der Waals surface area contributed by atoms with Crippen molar-refractivity contribution in [3.63, 3.8) is 0 Å². The van der Waals surface area contributed by atoms with Crippen LogP contribution in [0.5, 0.6) is 0 Å². The highest BCUT2D eigenvalue weighted by atomic mass is 19.1. The zero-order valence-electron chi connectivity index (χ0n) is 8.68. The van der Waals surface area contributed by atoms with Crippen LogP contribution in [-0.4, -0.2) is 6.04 Å². The lowest BCUT2D eigenvalue weighted by Gasteiger charge is -2.10. The molecule has 1 nitrogen and oxygen atoms in total. The number of nitrogens with one attached hydrogen (secondary N) is 1. The molecule has 14 heavy (non-hydrogen) atoms. The molecule has 1 aromatic carbocycles. The average Bonchev–Trinajstić information content (AvgIpc) is 2.15. The minimum atomic E-state index is -0.198. The Morgan fingerprint density at radius 2 is 2.21 bits per heavy atom. The van der Waals surface area contributed by atoms with Crippen LogP contribution in [0.1, 0.15) is 25.0 Å². The Balaban J connectivity index is 2.82. The molecule has 1 N–H and O–H groups in total. The summed E-state index contributed by atoms with van der Waals surface area (Å²) in [5.41, 5.74) is 1.94. The van der Waals surface area contributed by atoms with E-state index >= 15 is 0 Å². The first kappa shape index (κ1) is 10.9. The van der Waals surface area contributed by atoms with Gasteiger partial charge in [-0.25, -0.2) is 4.39 Å². The monoisotopic (exact) mass is 193 g/mol. The quantitative estimate of drug-likeness (QED) is 0.775. The largest absolute Gasteiger partial charge is 0.310 e. The summed E-state index contributed by atoms with van der Waals surface area (Å²) in [6, 6.07) is 5.15. The second-order valence-electron chi connectivity index (χ2n) is 3.58. The zero-order valence-corrected chi connectivity index (χ0v) is 8.68. The lowest BCUT2D eigenvalue weighted by atomic mass is 10.1. The van der Waals surface area contributed by atoms with Crippen LogP contribution < -0.4 is 5.32 Å². The van der Waals surface area contributed by atoms with Crippen molar-refractivity contribution in [2.75, 3.05) is 0 Å². The number of hydrogen-bond acceptors (Lipinski definition) is 1. The highest BCUT2D eigenvalue weighted by Crippen LogP contribution is 2.12. The van der Waals surface area contributed by atoms with Crippen molar-refractivity contribution in [1.29, 1.82) is 0 Å². The Morgan fingerprint density at radius 1 is 1.50 bits per heavy atom. The van der Waals surface area contributed by atoms with Gasteiger partial charge in [0.15, 0.2) is 0 Å². The molecular formula is C12H16FN. The van der Waals surface area contributed by atoms with Crippen molar-refractivity contribution in [2.45, 2.75) is 26.4 Å². The van der Waals surface area contributed by atoms with Gasteiger partial charge in [-0.2, -0.15) is 0 Å². The molecule has 76 valence electrons. The van der Waals surface area contributed by atoms with Gasteiger partial charge in [-0.1, -0.05) is 32.6 Å². The van der Waals surface area contributed by atoms with Crippen molar-refractivity contribution >= 4 is 6.08 Å². The summed E-state index contributed by atoms with van der Waals surface area (Å²) in [5, 5.41) is 3.25. The second kappa shape index (κ2) is 4.91. The predicted molar refractivity (Wildman–Crippen MR) is 58.5 cm³/mol. The standard InChI is InChI=1S/C12H16FN/c1-4-10-5-6-12(13)7-11(10)8-14-9(2)3/h4-7,9,14H,1,8H2,2-3H3. The summed E-state index contributed by atoms with van der Waals surface area (Å²) < 4.78 is 12.9. The van der Waals surface area contributed by atoms with Crippen LogP contribution >= 0.6 is 0 Å². The minimum absolute atomic E-state index is 0.198. The molecule has 0 atom stereocenters. The molecule has 0 spiro atoms. The third-order valence-corrected chi connectivity index (χ3v) is 2.03. The predicted octanol–water partition coefficient (Wildman–Crippen LogP) is 2.97. The molecule has 0 bridgehead atoms. The van der Waals surface area contributed by atoms with Crippen molar-refractivity contribution in [2.24, 2.45) is 0 Å². The first-order valence-electron chi connectivity index (χ1n) is 4.77. The van der Waals surface area contributed by atoms with Crippen molar-refractivity contribution in [3.05, 3.63) is 41.7 Å². The zero-order chi connectivity index (χ0) is 10.6. The van der Waals surface area contributed by atoms with Gasteiger partial charge < -0.3 is 5.32 Å². The van der Waals surface area contributed by atoms with Gasteiger partial charge in [0.05, 0.1) is 0 Å². The minimum Gasteiger partial charge on any atom is -0.310 e. The van der Waals surface area contributed by atoms with Gasteiger partial charge in [0.25, 0.3) is 0 Å². The maximum atomic E-state index is 12.9. The normalized spacial score (nSPS) is 10.6. The van der Waals surface area contributed by atoms with Crippen LogP contribution in [0.15, 0.2) is 24.8 Å². The number of benzene rings is 1. The molecular weight excluding hydrogens is 177 g/mol. The van der Waals surface area contributed by atoms with E-state index in [0.29, 0.717) is 12.6 Å². The van der Waals surface area contributed by atoms with E-state index in [1.54, 1.807) is 18.2 Å². The number of halogens is 1. The van der Waals surface area contributed by atoms with Crippen LogP contribution in [0.3, 0.4) is 0 Å². The summed E-state index contributed by atoms with van der Waals surface area (Å²) in [4.78, 5) is 0. The van der Waals surface area contributed by atoms with Gasteiger partial charge >= 0.3 is 0 Å². The number of rotatable bonds is 4. The fourth-order valence-electron chi connectivity index (χ4n) is 1.24. The van der Waals surface area contributed by atoms with Crippen molar-refractivity contribution in [1.82, 2.24) is 5.32 Å². The highest BCUT2D eigenvalue weighted by molar-refractivity contribution is 5.51.